The molecule has 0 unspecified atom stereocenters. The molecule has 2 aliphatic rings. The fourth-order valence-corrected chi connectivity index (χ4v) is 3.65. The SMILES string of the molecule is CC(C)(OCC(N)=CC(=Nc1ccccc1N1CCC1)c1cccc(OC2CCC2)c1)C(=O)O. The molecule has 1 saturated heterocycles. The quantitative estimate of drug-likeness (QED) is 0.497. The minimum atomic E-state index is -1.34. The minimum absolute atomic E-state index is 0.0235. The standard InChI is InChI=1S/C27H33N3O4/c1-27(2,26(31)32)33-18-20(28)17-24(19-8-5-11-22(16-19)34-21-9-6-10-21)29-23-12-3-4-13-25(23)30-14-7-15-30/h3-5,8,11-13,16-17,21H,6-7,9-10,14-15,18,28H2,1-2H3,(H,31,32). The number of anilines is 1. The van der Waals surface area contributed by atoms with E-state index in [1.807, 2.05) is 42.5 Å². The lowest BCUT2D eigenvalue weighted by molar-refractivity contribution is -0.160. The molecule has 7 heteroatoms. The van der Waals surface area contributed by atoms with Crippen molar-refractivity contribution >= 4 is 23.1 Å². The van der Waals surface area contributed by atoms with E-state index >= 15 is 0 Å². The Morgan fingerprint density at radius 1 is 1.18 bits per heavy atom. The Kier molecular flexibility index (Phi) is 7.22. The molecule has 7 nitrogen and oxygen atoms in total. The number of carboxylic acid groups (broad SMARTS) is 1. The number of benzene rings is 2. The van der Waals surface area contributed by atoms with E-state index in [1.165, 1.54) is 26.7 Å². The van der Waals surface area contributed by atoms with Gasteiger partial charge in [0.25, 0.3) is 0 Å². The van der Waals surface area contributed by atoms with Gasteiger partial charge >= 0.3 is 5.97 Å². The van der Waals surface area contributed by atoms with E-state index in [-0.39, 0.29) is 12.7 Å². The highest BCUT2D eigenvalue weighted by Gasteiger charge is 2.28. The number of nitrogens with zero attached hydrogens (tertiary/aromatic N) is 2. The summed E-state index contributed by atoms with van der Waals surface area (Å²) in [5.41, 5.74) is 8.81. The van der Waals surface area contributed by atoms with E-state index in [9.17, 15) is 9.90 Å². The van der Waals surface area contributed by atoms with Crippen molar-refractivity contribution in [2.24, 2.45) is 10.7 Å². The first-order valence-electron chi connectivity index (χ1n) is 11.8. The van der Waals surface area contributed by atoms with Crippen molar-refractivity contribution in [1.29, 1.82) is 0 Å². The number of carbonyl (C=O) groups is 1. The number of aliphatic carboxylic acids is 1. The van der Waals surface area contributed by atoms with Crippen LogP contribution in [0.5, 0.6) is 5.75 Å². The van der Waals surface area contributed by atoms with Crippen molar-refractivity contribution in [3.63, 3.8) is 0 Å². The molecule has 2 fully saturated rings. The second-order valence-corrected chi connectivity index (χ2v) is 9.35. The molecule has 180 valence electrons. The Morgan fingerprint density at radius 3 is 2.59 bits per heavy atom. The number of aliphatic imine (C=N–C) groups is 1. The maximum Gasteiger partial charge on any atom is 0.335 e. The lowest BCUT2D eigenvalue weighted by atomic mass is 9.96. The smallest absolute Gasteiger partial charge is 0.335 e. The van der Waals surface area contributed by atoms with Crippen LogP contribution in [-0.4, -0.2) is 48.2 Å². The van der Waals surface area contributed by atoms with Crippen molar-refractivity contribution in [2.75, 3.05) is 24.6 Å². The molecule has 3 N–H and O–H groups in total. The van der Waals surface area contributed by atoms with Gasteiger partial charge in [0.05, 0.1) is 29.8 Å². The Morgan fingerprint density at radius 2 is 1.94 bits per heavy atom. The number of rotatable bonds is 10. The first kappa shape index (κ1) is 23.8. The normalized spacial score (nSPS) is 17.2. The number of allylic oxidation sites excluding steroid dienone is 1. The number of nitrogens with two attached hydrogens (primary N) is 1. The average Bonchev–Trinajstić information content (AvgIpc) is 2.75. The van der Waals surface area contributed by atoms with Gasteiger partial charge in [0, 0.05) is 24.4 Å². The summed E-state index contributed by atoms with van der Waals surface area (Å²) in [5.74, 6) is -0.236. The summed E-state index contributed by atoms with van der Waals surface area (Å²) in [6.45, 7) is 5.01. The number of carboxylic acids is 1. The maximum atomic E-state index is 11.4. The molecule has 0 amide bonds. The zero-order valence-corrected chi connectivity index (χ0v) is 19.9. The molecule has 0 spiro atoms. The summed E-state index contributed by atoms with van der Waals surface area (Å²) in [6.07, 6.45) is 6.57. The summed E-state index contributed by atoms with van der Waals surface area (Å²) < 4.78 is 11.6. The lowest BCUT2D eigenvalue weighted by Gasteiger charge is -2.34. The number of ether oxygens (including phenoxy) is 2. The predicted molar refractivity (Wildman–Crippen MR) is 134 cm³/mol. The van der Waals surface area contributed by atoms with E-state index in [2.05, 4.69) is 11.0 Å². The molecule has 0 bridgehead atoms. The van der Waals surface area contributed by atoms with Gasteiger partial charge in [-0.1, -0.05) is 24.3 Å². The van der Waals surface area contributed by atoms with Crippen molar-refractivity contribution in [3.8, 4) is 5.75 Å². The van der Waals surface area contributed by atoms with Crippen LogP contribution < -0.4 is 15.4 Å². The zero-order valence-electron chi connectivity index (χ0n) is 19.9. The van der Waals surface area contributed by atoms with Gasteiger partial charge in [-0.25, -0.2) is 9.79 Å². The second-order valence-electron chi connectivity index (χ2n) is 9.35. The van der Waals surface area contributed by atoms with Crippen LogP contribution in [0.25, 0.3) is 0 Å². The highest BCUT2D eigenvalue weighted by Crippen LogP contribution is 2.33. The molecule has 1 saturated carbocycles. The largest absolute Gasteiger partial charge is 0.490 e. The van der Waals surface area contributed by atoms with Crippen molar-refractivity contribution in [2.45, 2.75) is 51.2 Å². The summed E-state index contributed by atoms with van der Waals surface area (Å²) in [7, 11) is 0. The molecular formula is C27H33N3O4. The predicted octanol–water partition coefficient (Wildman–Crippen LogP) is 4.67. The van der Waals surface area contributed by atoms with Crippen LogP contribution in [0.1, 0.15) is 45.1 Å². The van der Waals surface area contributed by atoms with Gasteiger partial charge in [-0.15, -0.1) is 0 Å². The fourth-order valence-electron chi connectivity index (χ4n) is 3.65. The molecule has 1 aliphatic heterocycles. The summed E-state index contributed by atoms with van der Waals surface area (Å²) in [4.78, 5) is 18.7. The third-order valence-electron chi connectivity index (χ3n) is 6.24. The van der Waals surface area contributed by atoms with Gasteiger partial charge in [-0.2, -0.15) is 0 Å². The Hall–Kier alpha value is -3.32. The molecule has 4 rings (SSSR count). The van der Waals surface area contributed by atoms with Crippen LogP contribution in [0.15, 0.2) is 65.3 Å². The molecule has 2 aromatic carbocycles. The third-order valence-corrected chi connectivity index (χ3v) is 6.24. The molecular weight excluding hydrogens is 430 g/mol. The number of para-hydroxylation sites is 2. The number of hydrogen-bond donors (Lipinski definition) is 2. The molecule has 1 heterocycles. The molecule has 0 aromatic heterocycles. The lowest BCUT2D eigenvalue weighted by Crippen LogP contribution is -2.37. The van der Waals surface area contributed by atoms with Gasteiger partial charge in [-0.05, 0) is 69.9 Å². The minimum Gasteiger partial charge on any atom is -0.490 e. The van der Waals surface area contributed by atoms with Crippen LogP contribution in [0.4, 0.5) is 11.4 Å². The summed E-state index contributed by atoms with van der Waals surface area (Å²) in [5, 5.41) is 9.32. The van der Waals surface area contributed by atoms with Crippen molar-refractivity contribution < 1.29 is 19.4 Å². The first-order valence-corrected chi connectivity index (χ1v) is 11.8. The van der Waals surface area contributed by atoms with Crippen LogP contribution in [0.2, 0.25) is 0 Å². The molecule has 2 aromatic rings. The summed E-state index contributed by atoms with van der Waals surface area (Å²) >= 11 is 0. The Labute approximate surface area is 200 Å². The second kappa shape index (κ2) is 10.3. The van der Waals surface area contributed by atoms with Crippen LogP contribution >= 0.6 is 0 Å². The van der Waals surface area contributed by atoms with Gasteiger partial charge in [0.15, 0.2) is 5.60 Å². The summed E-state index contributed by atoms with van der Waals surface area (Å²) in [6, 6.07) is 15.9. The number of hydrogen-bond acceptors (Lipinski definition) is 6. The van der Waals surface area contributed by atoms with Crippen molar-refractivity contribution in [1.82, 2.24) is 0 Å². The van der Waals surface area contributed by atoms with Gasteiger partial charge in [-0.3, -0.25) is 0 Å². The highest BCUT2D eigenvalue weighted by atomic mass is 16.5. The van der Waals surface area contributed by atoms with Crippen molar-refractivity contribution in [3.05, 3.63) is 65.9 Å². The van der Waals surface area contributed by atoms with Crippen LogP contribution in [-0.2, 0) is 9.53 Å². The topological polar surface area (TPSA) is 97.4 Å². The zero-order chi connectivity index (χ0) is 24.1. The van der Waals surface area contributed by atoms with Crippen LogP contribution in [0, 0.1) is 0 Å². The maximum absolute atomic E-state index is 11.4. The van der Waals surface area contributed by atoms with E-state index in [0.717, 1.165) is 48.6 Å². The highest BCUT2D eigenvalue weighted by molar-refractivity contribution is 6.11. The van der Waals surface area contributed by atoms with Gasteiger partial charge in [0.2, 0.25) is 0 Å². The molecule has 1 aliphatic carbocycles. The fraction of sp³-hybridized carbons (Fsp3) is 0.407. The Bertz CT molecular complexity index is 1080. The third kappa shape index (κ3) is 5.78. The monoisotopic (exact) mass is 463 g/mol. The Balaban J connectivity index is 1.66. The van der Waals surface area contributed by atoms with E-state index < -0.39 is 11.6 Å². The van der Waals surface area contributed by atoms with Gasteiger partial charge in [0.1, 0.15) is 5.75 Å². The molecule has 0 atom stereocenters. The molecule has 0 radical (unpaired) electrons. The van der Waals surface area contributed by atoms with Gasteiger partial charge < -0.3 is 25.2 Å². The molecule has 34 heavy (non-hydrogen) atoms. The van der Waals surface area contributed by atoms with E-state index in [0.29, 0.717) is 11.4 Å². The van der Waals surface area contributed by atoms with E-state index in [1.54, 1.807) is 6.08 Å². The first-order chi connectivity index (χ1) is 16.3. The van der Waals surface area contributed by atoms with Crippen LogP contribution in [0.3, 0.4) is 0 Å². The average molecular weight is 464 g/mol. The van der Waals surface area contributed by atoms with E-state index in [4.69, 9.17) is 20.2 Å².